The highest BCUT2D eigenvalue weighted by Crippen LogP contribution is 2.13. The van der Waals surface area contributed by atoms with Crippen molar-refractivity contribution in [1.29, 1.82) is 0 Å². The molecule has 1 heterocycles. The molecule has 8 heteroatoms. The van der Waals surface area contributed by atoms with Gasteiger partial charge in [0.25, 0.3) is 0 Å². The number of aromatic nitrogens is 2. The number of esters is 1. The van der Waals surface area contributed by atoms with Crippen LogP contribution in [0.1, 0.15) is 17.3 Å². The summed E-state index contributed by atoms with van der Waals surface area (Å²) in [5.74, 6) is 0.147. The number of benzene rings is 1. The van der Waals surface area contributed by atoms with Crippen LogP contribution in [0.15, 0.2) is 33.8 Å². The van der Waals surface area contributed by atoms with Gasteiger partial charge in [0.2, 0.25) is 5.82 Å². The fraction of sp³-hybridized carbons (Fsp3) is 0.231. The molecule has 0 saturated carbocycles. The summed E-state index contributed by atoms with van der Waals surface area (Å²) in [6.07, 6.45) is 0. The number of ether oxygens (including phenoxy) is 1. The highest BCUT2D eigenvalue weighted by atomic mass is 16.5. The molecule has 0 amide bonds. The van der Waals surface area contributed by atoms with Crippen LogP contribution in [0.4, 0.5) is 17.3 Å². The second-order valence-electron chi connectivity index (χ2n) is 3.94. The van der Waals surface area contributed by atoms with Gasteiger partial charge in [-0.15, -0.1) is 0 Å². The molecule has 0 fully saturated rings. The van der Waals surface area contributed by atoms with Crippen LogP contribution in [0.25, 0.3) is 0 Å². The molecule has 0 aliphatic heterocycles. The Labute approximate surface area is 120 Å². The summed E-state index contributed by atoms with van der Waals surface area (Å²) in [5.41, 5.74) is 6.69. The zero-order valence-electron chi connectivity index (χ0n) is 11.7. The van der Waals surface area contributed by atoms with Crippen LogP contribution in [0.5, 0.6) is 0 Å². The van der Waals surface area contributed by atoms with Crippen molar-refractivity contribution in [2.75, 3.05) is 24.7 Å². The van der Waals surface area contributed by atoms with Gasteiger partial charge in [0.15, 0.2) is 5.82 Å². The van der Waals surface area contributed by atoms with Crippen LogP contribution < -0.4 is 16.7 Å². The maximum atomic E-state index is 11.5. The summed E-state index contributed by atoms with van der Waals surface area (Å²) in [6.45, 7) is 2.08. The molecule has 0 atom stereocenters. The van der Waals surface area contributed by atoms with Crippen molar-refractivity contribution >= 4 is 23.3 Å². The molecule has 0 saturated heterocycles. The van der Waals surface area contributed by atoms with Crippen molar-refractivity contribution in [1.82, 2.24) is 10.1 Å². The van der Waals surface area contributed by atoms with Gasteiger partial charge in [-0.2, -0.15) is 9.98 Å². The number of hydrogen-bond acceptors (Lipinski definition) is 8. The van der Waals surface area contributed by atoms with Crippen LogP contribution in [0.2, 0.25) is 0 Å². The lowest BCUT2D eigenvalue weighted by atomic mass is 10.2. The van der Waals surface area contributed by atoms with E-state index in [0.29, 0.717) is 23.7 Å². The molecule has 0 bridgehead atoms. The van der Waals surface area contributed by atoms with Crippen molar-refractivity contribution in [3.63, 3.8) is 0 Å². The number of nitrogen functional groups attached to an aromatic ring is 1. The topological polar surface area (TPSA) is 116 Å². The Kier molecular flexibility index (Phi) is 4.50. The number of carbonyl (C=O) groups excluding carboxylic acids is 1. The van der Waals surface area contributed by atoms with Crippen LogP contribution in [0.3, 0.4) is 0 Å². The first kappa shape index (κ1) is 14.5. The summed E-state index contributed by atoms with van der Waals surface area (Å²) in [4.78, 5) is 19.6. The molecular weight excluding hydrogens is 274 g/mol. The molecule has 1 aromatic carbocycles. The second-order valence-corrected chi connectivity index (χ2v) is 3.94. The van der Waals surface area contributed by atoms with Gasteiger partial charge in [-0.1, -0.05) is 5.16 Å². The summed E-state index contributed by atoms with van der Waals surface area (Å²) in [7, 11) is 1.65. The lowest BCUT2D eigenvalue weighted by Crippen LogP contribution is -2.13. The van der Waals surface area contributed by atoms with E-state index in [1.165, 1.54) is 0 Å². The number of hydrogen-bond donors (Lipinski definition) is 2. The predicted molar refractivity (Wildman–Crippen MR) is 75.9 cm³/mol. The molecule has 0 radical (unpaired) electrons. The highest BCUT2D eigenvalue weighted by Gasteiger charge is 2.06. The van der Waals surface area contributed by atoms with Crippen molar-refractivity contribution in [2.45, 2.75) is 6.92 Å². The van der Waals surface area contributed by atoms with Crippen LogP contribution in [-0.4, -0.2) is 29.8 Å². The number of carbonyl (C=O) groups is 1. The lowest BCUT2D eigenvalue weighted by Gasteiger charge is -2.01. The van der Waals surface area contributed by atoms with E-state index in [1.54, 1.807) is 38.2 Å². The minimum Gasteiger partial charge on any atom is -0.462 e. The van der Waals surface area contributed by atoms with Crippen molar-refractivity contribution < 1.29 is 14.1 Å². The van der Waals surface area contributed by atoms with Gasteiger partial charge >= 0.3 is 11.7 Å². The van der Waals surface area contributed by atoms with E-state index in [1.807, 2.05) is 0 Å². The molecule has 21 heavy (non-hydrogen) atoms. The number of nitrogens with one attached hydrogen (secondary N) is 1. The standard InChI is InChI=1S/C13H15N5O3/c1-3-20-12(19)8-4-6-9(7-5-8)16-13-17-10(14)11(15-2)18-21-13/h4-7H,3H2,1-2H3,(H,15,18)(H2,14,16,17). The molecule has 1 aromatic heterocycles. The largest absolute Gasteiger partial charge is 0.462 e. The first-order valence-electron chi connectivity index (χ1n) is 6.27. The SMILES string of the molecule is CCOC(=O)c1ccc(N=c2nc(N)c(NC)no2)cc1. The summed E-state index contributed by atoms with van der Waals surface area (Å²) in [6, 6.07) is 6.50. The monoisotopic (exact) mass is 289 g/mol. The van der Waals surface area contributed by atoms with Gasteiger partial charge in [0.05, 0.1) is 17.9 Å². The van der Waals surface area contributed by atoms with E-state index in [-0.39, 0.29) is 17.5 Å². The Balaban J connectivity index is 2.25. The van der Waals surface area contributed by atoms with Crippen LogP contribution in [0, 0.1) is 0 Å². The van der Waals surface area contributed by atoms with Gasteiger partial charge in [-0.05, 0) is 31.2 Å². The Morgan fingerprint density at radius 3 is 2.71 bits per heavy atom. The fourth-order valence-electron chi connectivity index (χ4n) is 1.53. The van der Waals surface area contributed by atoms with Gasteiger partial charge in [-0.3, -0.25) is 0 Å². The molecular formula is C13H15N5O3. The number of nitrogens with two attached hydrogens (primary N) is 1. The summed E-state index contributed by atoms with van der Waals surface area (Å²) >= 11 is 0. The minimum absolute atomic E-state index is 0.0235. The molecule has 110 valence electrons. The van der Waals surface area contributed by atoms with Gasteiger partial charge in [0.1, 0.15) is 0 Å². The molecule has 0 unspecified atom stereocenters. The van der Waals surface area contributed by atoms with Gasteiger partial charge < -0.3 is 20.3 Å². The van der Waals surface area contributed by atoms with Crippen molar-refractivity contribution in [3.8, 4) is 0 Å². The first-order chi connectivity index (χ1) is 10.1. The second kappa shape index (κ2) is 6.51. The molecule has 8 nitrogen and oxygen atoms in total. The zero-order chi connectivity index (χ0) is 15.2. The number of nitrogens with zero attached hydrogens (tertiary/aromatic N) is 3. The van der Waals surface area contributed by atoms with Crippen molar-refractivity contribution in [2.24, 2.45) is 4.99 Å². The lowest BCUT2D eigenvalue weighted by molar-refractivity contribution is 0.0526. The van der Waals surface area contributed by atoms with Crippen molar-refractivity contribution in [3.05, 3.63) is 35.5 Å². The van der Waals surface area contributed by atoms with E-state index in [2.05, 4.69) is 20.4 Å². The zero-order valence-corrected chi connectivity index (χ0v) is 11.7. The fourth-order valence-corrected chi connectivity index (χ4v) is 1.53. The molecule has 3 N–H and O–H groups in total. The first-order valence-corrected chi connectivity index (χ1v) is 6.27. The molecule has 0 spiro atoms. The van der Waals surface area contributed by atoms with Crippen LogP contribution in [-0.2, 0) is 4.74 Å². The number of rotatable bonds is 4. The highest BCUT2D eigenvalue weighted by molar-refractivity contribution is 5.89. The van der Waals surface area contributed by atoms with Crippen LogP contribution >= 0.6 is 0 Å². The Morgan fingerprint density at radius 1 is 1.43 bits per heavy atom. The smallest absolute Gasteiger partial charge is 0.348 e. The Morgan fingerprint density at radius 2 is 2.14 bits per heavy atom. The maximum Gasteiger partial charge on any atom is 0.348 e. The molecule has 2 aromatic rings. The third-order valence-corrected chi connectivity index (χ3v) is 2.52. The predicted octanol–water partition coefficient (Wildman–Crippen LogP) is 1.10. The Hall–Kier alpha value is -2.90. The maximum absolute atomic E-state index is 11.5. The quantitative estimate of drug-likeness (QED) is 0.809. The molecule has 0 aliphatic rings. The van der Waals surface area contributed by atoms with E-state index in [9.17, 15) is 4.79 Å². The van der Waals surface area contributed by atoms with E-state index in [0.717, 1.165) is 0 Å². The normalized spacial score (nSPS) is 11.2. The third kappa shape index (κ3) is 3.56. The van der Waals surface area contributed by atoms with E-state index in [4.69, 9.17) is 15.0 Å². The summed E-state index contributed by atoms with van der Waals surface area (Å²) in [5, 5.41) is 6.45. The van der Waals surface area contributed by atoms with Gasteiger partial charge in [-0.25, -0.2) is 4.79 Å². The average Bonchev–Trinajstić information content (AvgIpc) is 2.48. The van der Waals surface area contributed by atoms with Gasteiger partial charge in [0, 0.05) is 7.05 Å². The van der Waals surface area contributed by atoms with E-state index < -0.39 is 0 Å². The molecule has 2 rings (SSSR count). The molecule has 0 aliphatic carbocycles. The Bertz CT molecular complexity index is 694. The third-order valence-electron chi connectivity index (χ3n) is 2.52. The van der Waals surface area contributed by atoms with E-state index >= 15 is 0 Å². The number of anilines is 2. The minimum atomic E-state index is -0.379. The average molecular weight is 289 g/mol. The summed E-state index contributed by atoms with van der Waals surface area (Å²) < 4.78 is 9.88.